The Kier molecular flexibility index (Phi) is 14.9. The van der Waals surface area contributed by atoms with Crippen molar-refractivity contribution in [2.75, 3.05) is 39.5 Å². The summed E-state index contributed by atoms with van der Waals surface area (Å²) in [7, 11) is 0. The minimum Gasteiger partial charge on any atom is -0.395 e. The van der Waals surface area contributed by atoms with Crippen LogP contribution < -0.4 is 0 Å². The molecule has 0 rings (SSSR count). The summed E-state index contributed by atoms with van der Waals surface area (Å²) in [6.07, 6.45) is 0. The molecule has 0 saturated carbocycles. The SMILES string of the molecule is C[C](C)C.OCCN(CCO)CCO. The molecule has 0 aliphatic rings. The van der Waals surface area contributed by atoms with E-state index in [4.69, 9.17) is 15.3 Å². The smallest absolute Gasteiger partial charge is 0.0558 e. The first-order valence-corrected chi connectivity index (χ1v) is 4.90. The molecule has 0 aromatic heterocycles. The first kappa shape index (κ1) is 16.3. The summed E-state index contributed by atoms with van der Waals surface area (Å²) in [6, 6.07) is 0. The molecule has 1 radical (unpaired) electrons. The lowest BCUT2D eigenvalue weighted by Gasteiger charge is -2.17. The van der Waals surface area contributed by atoms with Gasteiger partial charge in [0.25, 0.3) is 0 Å². The van der Waals surface area contributed by atoms with E-state index in [0.29, 0.717) is 19.6 Å². The molecule has 4 heteroatoms. The van der Waals surface area contributed by atoms with Crippen LogP contribution >= 0.6 is 0 Å². The Balaban J connectivity index is 0. The molecule has 4 nitrogen and oxygen atoms in total. The predicted octanol–water partition coefficient (Wildman–Crippen LogP) is -0.114. The number of rotatable bonds is 6. The average Bonchev–Trinajstić information content (AvgIpc) is 2.04. The van der Waals surface area contributed by atoms with Crippen LogP contribution in [0.3, 0.4) is 0 Å². The van der Waals surface area contributed by atoms with Crippen molar-refractivity contribution in [1.82, 2.24) is 4.90 Å². The molecule has 0 atom stereocenters. The van der Waals surface area contributed by atoms with E-state index in [2.05, 4.69) is 20.8 Å². The number of hydrogen-bond acceptors (Lipinski definition) is 4. The highest BCUT2D eigenvalue weighted by Crippen LogP contribution is 1.85. The first-order valence-electron chi connectivity index (χ1n) is 4.90. The van der Waals surface area contributed by atoms with E-state index >= 15 is 0 Å². The lowest BCUT2D eigenvalue weighted by molar-refractivity contribution is 0.136. The molecule has 3 N–H and O–H groups in total. The first-order chi connectivity index (χ1) is 6.58. The molecule has 0 bridgehead atoms. The molecule has 87 valence electrons. The second kappa shape index (κ2) is 12.8. The summed E-state index contributed by atoms with van der Waals surface area (Å²) < 4.78 is 0. The number of nitrogens with zero attached hydrogens (tertiary/aromatic N) is 1. The predicted molar refractivity (Wildman–Crippen MR) is 58.0 cm³/mol. The van der Waals surface area contributed by atoms with Crippen molar-refractivity contribution in [3.8, 4) is 0 Å². The van der Waals surface area contributed by atoms with E-state index in [1.165, 1.54) is 5.92 Å². The fourth-order valence-corrected chi connectivity index (χ4v) is 0.760. The van der Waals surface area contributed by atoms with Crippen molar-refractivity contribution in [3.05, 3.63) is 5.92 Å². The maximum absolute atomic E-state index is 8.48. The Morgan fingerprint density at radius 2 is 1.00 bits per heavy atom. The zero-order valence-electron chi connectivity index (χ0n) is 9.53. The zero-order chi connectivity index (χ0) is 11.4. The largest absolute Gasteiger partial charge is 0.395 e. The van der Waals surface area contributed by atoms with Gasteiger partial charge in [-0.15, -0.1) is 0 Å². The average molecular weight is 206 g/mol. The van der Waals surface area contributed by atoms with Crippen molar-refractivity contribution < 1.29 is 15.3 Å². The summed E-state index contributed by atoms with van der Waals surface area (Å²) in [6.45, 7) is 8.00. The third-order valence-corrected chi connectivity index (χ3v) is 1.25. The van der Waals surface area contributed by atoms with Crippen molar-refractivity contribution in [2.45, 2.75) is 20.8 Å². The van der Waals surface area contributed by atoms with Gasteiger partial charge in [0.15, 0.2) is 0 Å². The van der Waals surface area contributed by atoms with Crippen LogP contribution in [0.5, 0.6) is 0 Å². The Morgan fingerprint density at radius 1 is 0.786 bits per heavy atom. The van der Waals surface area contributed by atoms with Gasteiger partial charge in [-0.25, -0.2) is 0 Å². The highest BCUT2D eigenvalue weighted by molar-refractivity contribution is 4.65. The molecule has 0 fully saturated rings. The molecule has 0 unspecified atom stereocenters. The van der Waals surface area contributed by atoms with Crippen LogP contribution in [-0.4, -0.2) is 59.7 Å². The Hall–Kier alpha value is -0.160. The van der Waals surface area contributed by atoms with E-state index in [1.807, 2.05) is 0 Å². The molecule has 0 amide bonds. The van der Waals surface area contributed by atoms with Gasteiger partial charge in [-0.05, 0) is 5.92 Å². The van der Waals surface area contributed by atoms with Crippen LogP contribution in [0, 0.1) is 5.92 Å². The summed E-state index contributed by atoms with van der Waals surface area (Å²) in [4.78, 5) is 1.79. The van der Waals surface area contributed by atoms with Crippen LogP contribution in [0.25, 0.3) is 0 Å². The molecule has 0 aromatic carbocycles. The van der Waals surface area contributed by atoms with Crippen LogP contribution in [0.2, 0.25) is 0 Å². The van der Waals surface area contributed by atoms with Crippen molar-refractivity contribution in [1.29, 1.82) is 0 Å². The molecule has 0 heterocycles. The highest BCUT2D eigenvalue weighted by atomic mass is 16.3. The van der Waals surface area contributed by atoms with Crippen LogP contribution in [0.1, 0.15) is 20.8 Å². The van der Waals surface area contributed by atoms with Crippen molar-refractivity contribution in [2.24, 2.45) is 0 Å². The molecular formula is C10H24NO3. The van der Waals surface area contributed by atoms with Gasteiger partial charge in [0, 0.05) is 19.6 Å². The molecule has 0 aliphatic carbocycles. The summed E-state index contributed by atoms with van der Waals surface area (Å²) in [5.41, 5.74) is 0. The van der Waals surface area contributed by atoms with Crippen molar-refractivity contribution >= 4 is 0 Å². The van der Waals surface area contributed by atoms with E-state index < -0.39 is 0 Å². The molecule has 0 aromatic rings. The van der Waals surface area contributed by atoms with Gasteiger partial charge in [0.2, 0.25) is 0 Å². The monoisotopic (exact) mass is 206 g/mol. The van der Waals surface area contributed by atoms with E-state index in [0.717, 1.165) is 0 Å². The Bertz CT molecular complexity index is 82.3. The number of hydrogen-bond donors (Lipinski definition) is 3. The topological polar surface area (TPSA) is 63.9 Å². The van der Waals surface area contributed by atoms with Gasteiger partial charge in [-0.3, -0.25) is 4.90 Å². The maximum Gasteiger partial charge on any atom is 0.0558 e. The third-order valence-electron chi connectivity index (χ3n) is 1.25. The van der Waals surface area contributed by atoms with Gasteiger partial charge in [0.05, 0.1) is 19.8 Å². The fourth-order valence-electron chi connectivity index (χ4n) is 0.760. The van der Waals surface area contributed by atoms with Crippen LogP contribution in [-0.2, 0) is 0 Å². The molecule has 0 saturated heterocycles. The van der Waals surface area contributed by atoms with Gasteiger partial charge in [-0.1, -0.05) is 20.8 Å². The summed E-state index contributed by atoms with van der Waals surface area (Å²) >= 11 is 0. The third kappa shape index (κ3) is 17.8. The van der Waals surface area contributed by atoms with E-state index in [1.54, 1.807) is 4.90 Å². The minimum atomic E-state index is 0.0694. The normalized spacial score (nSPS) is 10.3. The van der Waals surface area contributed by atoms with E-state index in [-0.39, 0.29) is 19.8 Å². The fraction of sp³-hybridized carbons (Fsp3) is 0.900. The number of aliphatic hydroxyl groups is 3. The molecular weight excluding hydrogens is 182 g/mol. The van der Waals surface area contributed by atoms with Crippen LogP contribution in [0.4, 0.5) is 0 Å². The van der Waals surface area contributed by atoms with Crippen LogP contribution in [0.15, 0.2) is 0 Å². The van der Waals surface area contributed by atoms with E-state index in [9.17, 15) is 0 Å². The van der Waals surface area contributed by atoms with Gasteiger partial charge >= 0.3 is 0 Å². The maximum atomic E-state index is 8.48. The quantitative estimate of drug-likeness (QED) is 0.567. The lowest BCUT2D eigenvalue weighted by Crippen LogP contribution is -2.32. The lowest BCUT2D eigenvalue weighted by atomic mass is 10.3. The highest BCUT2D eigenvalue weighted by Gasteiger charge is 2.00. The molecule has 0 aliphatic heterocycles. The minimum absolute atomic E-state index is 0.0694. The van der Waals surface area contributed by atoms with Crippen molar-refractivity contribution in [3.63, 3.8) is 0 Å². The van der Waals surface area contributed by atoms with Gasteiger partial charge in [-0.2, -0.15) is 0 Å². The molecule has 0 spiro atoms. The second-order valence-corrected chi connectivity index (χ2v) is 3.51. The van der Waals surface area contributed by atoms with Gasteiger partial charge < -0.3 is 15.3 Å². The summed E-state index contributed by atoms with van der Waals surface area (Å²) in [5, 5.41) is 25.5. The number of aliphatic hydroxyl groups excluding tert-OH is 3. The Morgan fingerprint density at radius 3 is 1.14 bits per heavy atom. The zero-order valence-corrected chi connectivity index (χ0v) is 9.53. The summed E-state index contributed by atoms with van der Waals surface area (Å²) in [5.74, 6) is 1.42. The van der Waals surface area contributed by atoms with Gasteiger partial charge in [0.1, 0.15) is 0 Å². The second-order valence-electron chi connectivity index (χ2n) is 3.51. The molecule has 14 heavy (non-hydrogen) atoms. The standard InChI is InChI=1S/C6H15NO3.C4H9/c8-4-1-7(2-5-9)3-6-10;1-4(2)3/h8-10H,1-6H2;1-3H3. The Labute approximate surface area is 87.2 Å².